The quantitative estimate of drug-likeness (QED) is 0.378. The molecule has 24 heavy (non-hydrogen) atoms. The summed E-state index contributed by atoms with van der Waals surface area (Å²) in [5, 5.41) is 20.2. The van der Waals surface area contributed by atoms with Crippen molar-refractivity contribution >= 4 is 23.3 Å². The first-order valence-electron chi connectivity index (χ1n) is 6.88. The van der Waals surface area contributed by atoms with Gasteiger partial charge in [0.1, 0.15) is 11.5 Å². The van der Waals surface area contributed by atoms with Crippen LogP contribution in [0.2, 0.25) is 0 Å². The van der Waals surface area contributed by atoms with Crippen molar-refractivity contribution in [3.8, 4) is 11.5 Å². The fraction of sp³-hybridized carbons (Fsp3) is 0.118. The van der Waals surface area contributed by atoms with Gasteiger partial charge in [0.2, 0.25) is 0 Å². The Labute approximate surface area is 137 Å². The maximum Gasteiger partial charge on any atom is 0.336 e. The van der Waals surface area contributed by atoms with E-state index in [1.54, 1.807) is 18.2 Å². The summed E-state index contributed by atoms with van der Waals surface area (Å²) in [7, 11) is 2.98. The number of hydrogen-bond acceptors (Lipinski definition) is 5. The van der Waals surface area contributed by atoms with E-state index in [0.29, 0.717) is 22.6 Å². The third-order valence-corrected chi connectivity index (χ3v) is 3.36. The van der Waals surface area contributed by atoms with Gasteiger partial charge in [-0.2, -0.15) is 0 Å². The van der Waals surface area contributed by atoms with Crippen molar-refractivity contribution in [3.05, 3.63) is 63.7 Å². The molecule has 0 aliphatic rings. The SMILES string of the molecule is COc1ccc(OC)c(/C=C(/C(=O)O)c2ccc([N+](=O)[O-])cc2)c1. The van der Waals surface area contributed by atoms with Crippen LogP contribution in [0.5, 0.6) is 11.5 Å². The molecule has 0 aliphatic carbocycles. The van der Waals surface area contributed by atoms with Gasteiger partial charge in [-0.15, -0.1) is 0 Å². The number of carboxylic acids is 1. The Kier molecular flexibility index (Phi) is 5.16. The predicted octanol–water partition coefficient (Wildman–Crippen LogP) is 3.24. The summed E-state index contributed by atoms with van der Waals surface area (Å²) in [6, 6.07) is 10.3. The van der Waals surface area contributed by atoms with Gasteiger partial charge >= 0.3 is 5.97 Å². The number of carboxylic acid groups (broad SMARTS) is 1. The summed E-state index contributed by atoms with van der Waals surface area (Å²) in [4.78, 5) is 21.8. The minimum Gasteiger partial charge on any atom is -0.497 e. The molecule has 0 radical (unpaired) electrons. The Hall–Kier alpha value is -3.35. The first kappa shape index (κ1) is 17.0. The van der Waals surface area contributed by atoms with Crippen LogP contribution < -0.4 is 9.47 Å². The lowest BCUT2D eigenvalue weighted by Gasteiger charge is -2.09. The third kappa shape index (κ3) is 3.70. The number of hydrogen-bond donors (Lipinski definition) is 1. The van der Waals surface area contributed by atoms with Crippen molar-refractivity contribution in [2.45, 2.75) is 0 Å². The van der Waals surface area contributed by atoms with Crippen LogP contribution >= 0.6 is 0 Å². The number of non-ortho nitro benzene ring substituents is 1. The van der Waals surface area contributed by atoms with Gasteiger partial charge in [0.15, 0.2) is 0 Å². The molecule has 0 fully saturated rings. The van der Waals surface area contributed by atoms with Crippen LogP contribution in [-0.2, 0) is 4.79 Å². The fourth-order valence-corrected chi connectivity index (χ4v) is 2.14. The summed E-state index contributed by atoms with van der Waals surface area (Å²) in [6.45, 7) is 0. The number of aliphatic carboxylic acids is 1. The van der Waals surface area contributed by atoms with E-state index in [1.807, 2.05) is 0 Å². The van der Waals surface area contributed by atoms with Gasteiger partial charge in [0.05, 0.1) is 24.7 Å². The lowest BCUT2D eigenvalue weighted by molar-refractivity contribution is -0.384. The zero-order valence-corrected chi connectivity index (χ0v) is 13.1. The largest absolute Gasteiger partial charge is 0.497 e. The Bertz CT molecular complexity index is 795. The second kappa shape index (κ2) is 7.28. The molecule has 0 saturated heterocycles. The highest BCUT2D eigenvalue weighted by Gasteiger charge is 2.14. The topological polar surface area (TPSA) is 98.9 Å². The molecule has 0 heterocycles. The first-order valence-corrected chi connectivity index (χ1v) is 6.88. The van der Waals surface area contributed by atoms with Crippen LogP contribution in [0.1, 0.15) is 11.1 Å². The van der Waals surface area contributed by atoms with Crippen LogP contribution in [0.4, 0.5) is 5.69 Å². The second-order valence-corrected chi connectivity index (χ2v) is 4.78. The predicted molar refractivity (Wildman–Crippen MR) is 88.1 cm³/mol. The number of nitro groups is 1. The highest BCUT2D eigenvalue weighted by molar-refractivity contribution is 6.20. The van der Waals surface area contributed by atoms with Crippen molar-refractivity contribution in [1.29, 1.82) is 0 Å². The molecule has 7 heteroatoms. The number of carbonyl (C=O) groups is 1. The maximum absolute atomic E-state index is 11.6. The molecule has 1 N–H and O–H groups in total. The minimum atomic E-state index is -1.16. The Morgan fingerprint density at radius 2 is 1.79 bits per heavy atom. The van der Waals surface area contributed by atoms with Crippen molar-refractivity contribution < 1.29 is 24.3 Å². The molecule has 2 aromatic rings. The van der Waals surface area contributed by atoms with Gasteiger partial charge in [-0.1, -0.05) is 0 Å². The van der Waals surface area contributed by atoms with Gasteiger partial charge in [-0.25, -0.2) is 4.79 Å². The molecule has 124 valence electrons. The summed E-state index contributed by atoms with van der Waals surface area (Å²) in [6.07, 6.45) is 1.44. The van der Waals surface area contributed by atoms with E-state index in [4.69, 9.17) is 9.47 Å². The number of benzene rings is 2. The van der Waals surface area contributed by atoms with E-state index in [2.05, 4.69) is 0 Å². The first-order chi connectivity index (χ1) is 11.5. The van der Waals surface area contributed by atoms with Crippen LogP contribution in [-0.4, -0.2) is 30.2 Å². The standard InChI is InChI=1S/C17H15NO6/c1-23-14-7-8-16(24-2)12(9-14)10-15(17(19)20)11-3-5-13(6-4-11)18(21)22/h3-10H,1-2H3,(H,19,20)/b15-10+. The van der Waals surface area contributed by atoms with Crippen LogP contribution in [0.15, 0.2) is 42.5 Å². The zero-order valence-electron chi connectivity index (χ0n) is 13.1. The van der Waals surface area contributed by atoms with E-state index in [9.17, 15) is 20.0 Å². The van der Waals surface area contributed by atoms with E-state index in [0.717, 1.165) is 0 Å². The molecule has 0 aliphatic heterocycles. The average Bonchev–Trinajstić information content (AvgIpc) is 2.59. The number of ether oxygens (including phenoxy) is 2. The number of nitro benzene ring substituents is 1. The fourth-order valence-electron chi connectivity index (χ4n) is 2.14. The summed E-state index contributed by atoms with van der Waals surface area (Å²) in [5.41, 5.74) is 0.740. The maximum atomic E-state index is 11.6. The molecule has 0 atom stereocenters. The van der Waals surface area contributed by atoms with Crippen molar-refractivity contribution in [1.82, 2.24) is 0 Å². The Morgan fingerprint density at radius 3 is 2.29 bits per heavy atom. The highest BCUT2D eigenvalue weighted by Crippen LogP contribution is 2.29. The number of methoxy groups -OCH3 is 2. The molecular weight excluding hydrogens is 314 g/mol. The summed E-state index contributed by atoms with van der Waals surface area (Å²) in [5.74, 6) is -0.124. The zero-order chi connectivity index (χ0) is 17.7. The molecule has 0 unspecified atom stereocenters. The normalized spacial score (nSPS) is 11.0. The van der Waals surface area contributed by atoms with Gasteiger partial charge in [0.25, 0.3) is 5.69 Å². The molecule has 2 aromatic carbocycles. The van der Waals surface area contributed by atoms with Crippen molar-refractivity contribution in [2.24, 2.45) is 0 Å². The average molecular weight is 329 g/mol. The van der Waals surface area contributed by atoms with Crippen molar-refractivity contribution in [3.63, 3.8) is 0 Å². The van der Waals surface area contributed by atoms with E-state index < -0.39 is 10.9 Å². The molecule has 0 aromatic heterocycles. The smallest absolute Gasteiger partial charge is 0.336 e. The Morgan fingerprint density at radius 1 is 1.12 bits per heavy atom. The number of rotatable bonds is 6. The van der Waals surface area contributed by atoms with Gasteiger partial charge in [-0.05, 0) is 42.0 Å². The van der Waals surface area contributed by atoms with Crippen LogP contribution in [0.25, 0.3) is 11.6 Å². The molecular formula is C17H15NO6. The lowest BCUT2D eigenvalue weighted by atomic mass is 10.0. The summed E-state index contributed by atoms with van der Waals surface area (Å²) < 4.78 is 10.4. The van der Waals surface area contributed by atoms with E-state index in [-0.39, 0.29) is 11.3 Å². The monoisotopic (exact) mass is 329 g/mol. The molecule has 2 rings (SSSR count). The number of nitrogens with zero attached hydrogens (tertiary/aromatic N) is 1. The molecule has 0 spiro atoms. The van der Waals surface area contributed by atoms with E-state index >= 15 is 0 Å². The van der Waals surface area contributed by atoms with Crippen LogP contribution in [0, 0.1) is 10.1 Å². The van der Waals surface area contributed by atoms with Crippen molar-refractivity contribution in [2.75, 3.05) is 14.2 Å². The van der Waals surface area contributed by atoms with Gasteiger partial charge in [-0.3, -0.25) is 10.1 Å². The molecule has 0 saturated carbocycles. The van der Waals surface area contributed by atoms with Crippen LogP contribution in [0.3, 0.4) is 0 Å². The van der Waals surface area contributed by atoms with Gasteiger partial charge in [0, 0.05) is 17.7 Å². The Balaban J connectivity index is 2.53. The summed E-state index contributed by atoms with van der Waals surface area (Å²) >= 11 is 0. The molecule has 7 nitrogen and oxygen atoms in total. The molecule has 0 bridgehead atoms. The van der Waals surface area contributed by atoms with E-state index in [1.165, 1.54) is 44.6 Å². The minimum absolute atomic E-state index is 0.0172. The lowest BCUT2D eigenvalue weighted by Crippen LogP contribution is -2.00. The third-order valence-electron chi connectivity index (χ3n) is 3.36. The molecule has 0 amide bonds. The van der Waals surface area contributed by atoms with Gasteiger partial charge < -0.3 is 14.6 Å². The highest BCUT2D eigenvalue weighted by atomic mass is 16.6. The second-order valence-electron chi connectivity index (χ2n) is 4.78.